The molecular weight excluding hydrogens is 323 g/mol. The van der Waals surface area contributed by atoms with Gasteiger partial charge in [-0.05, 0) is 59.6 Å². The van der Waals surface area contributed by atoms with Crippen LogP contribution in [0.3, 0.4) is 0 Å². The van der Waals surface area contributed by atoms with Crippen molar-refractivity contribution in [1.82, 2.24) is 5.32 Å². The van der Waals surface area contributed by atoms with E-state index in [0.29, 0.717) is 22.5 Å². The highest BCUT2D eigenvalue weighted by atomic mass is 79.9. The zero-order chi connectivity index (χ0) is 12.3. The minimum Gasteiger partial charge on any atom is -0.326 e. The molecule has 0 saturated carbocycles. The van der Waals surface area contributed by atoms with Crippen molar-refractivity contribution in [2.24, 2.45) is 5.92 Å². The molecule has 3 nitrogen and oxygen atoms in total. The van der Waals surface area contributed by atoms with Crippen molar-refractivity contribution in [3.05, 3.63) is 28.5 Å². The van der Waals surface area contributed by atoms with Crippen LogP contribution in [0, 0.1) is 11.7 Å². The SMILES string of the molecule is Cl.O=C(CC1CCNC1)Nc1ccc(Br)c(F)c1. The van der Waals surface area contributed by atoms with Gasteiger partial charge in [-0.15, -0.1) is 12.4 Å². The van der Waals surface area contributed by atoms with Crippen LogP contribution in [-0.4, -0.2) is 19.0 Å². The van der Waals surface area contributed by atoms with Crippen LogP contribution in [0.25, 0.3) is 0 Å². The molecule has 0 bridgehead atoms. The van der Waals surface area contributed by atoms with Gasteiger partial charge in [-0.25, -0.2) is 4.39 Å². The first-order valence-electron chi connectivity index (χ1n) is 5.61. The molecule has 1 aromatic rings. The highest BCUT2D eigenvalue weighted by molar-refractivity contribution is 9.10. The van der Waals surface area contributed by atoms with Crippen LogP contribution >= 0.6 is 28.3 Å². The molecule has 6 heteroatoms. The lowest BCUT2D eigenvalue weighted by Gasteiger charge is -2.09. The van der Waals surface area contributed by atoms with Gasteiger partial charge in [-0.1, -0.05) is 0 Å². The summed E-state index contributed by atoms with van der Waals surface area (Å²) in [6.45, 7) is 1.87. The molecule has 1 fully saturated rings. The highest BCUT2D eigenvalue weighted by Crippen LogP contribution is 2.20. The molecule has 1 aliphatic rings. The van der Waals surface area contributed by atoms with Crippen molar-refractivity contribution in [3.8, 4) is 0 Å². The van der Waals surface area contributed by atoms with Crippen molar-refractivity contribution < 1.29 is 9.18 Å². The fraction of sp³-hybridized carbons (Fsp3) is 0.417. The maximum Gasteiger partial charge on any atom is 0.224 e. The Labute approximate surface area is 120 Å². The number of carbonyl (C=O) groups excluding carboxylic acids is 1. The van der Waals surface area contributed by atoms with Gasteiger partial charge in [-0.2, -0.15) is 0 Å². The van der Waals surface area contributed by atoms with E-state index in [1.54, 1.807) is 12.1 Å². The summed E-state index contributed by atoms with van der Waals surface area (Å²) >= 11 is 3.07. The fourth-order valence-corrected chi connectivity index (χ4v) is 2.18. The number of amides is 1. The topological polar surface area (TPSA) is 41.1 Å². The number of carbonyl (C=O) groups is 1. The minimum absolute atomic E-state index is 0. The number of halogens is 3. The van der Waals surface area contributed by atoms with Gasteiger partial charge in [0.05, 0.1) is 4.47 Å². The Morgan fingerprint density at radius 3 is 2.94 bits per heavy atom. The van der Waals surface area contributed by atoms with Gasteiger partial charge >= 0.3 is 0 Å². The van der Waals surface area contributed by atoms with E-state index >= 15 is 0 Å². The predicted molar refractivity (Wildman–Crippen MR) is 75.6 cm³/mol. The Hall–Kier alpha value is -0.650. The van der Waals surface area contributed by atoms with Gasteiger partial charge in [0, 0.05) is 12.1 Å². The molecule has 2 N–H and O–H groups in total. The smallest absolute Gasteiger partial charge is 0.224 e. The maximum atomic E-state index is 13.2. The van der Waals surface area contributed by atoms with Crippen molar-refractivity contribution >= 4 is 39.9 Å². The minimum atomic E-state index is -0.370. The lowest BCUT2D eigenvalue weighted by Crippen LogP contribution is -2.18. The summed E-state index contributed by atoms with van der Waals surface area (Å²) in [5.41, 5.74) is 0.502. The first-order valence-corrected chi connectivity index (χ1v) is 6.40. The quantitative estimate of drug-likeness (QED) is 0.890. The monoisotopic (exact) mass is 336 g/mol. The van der Waals surface area contributed by atoms with Gasteiger partial charge in [0.2, 0.25) is 5.91 Å². The molecule has 0 radical (unpaired) electrons. The number of rotatable bonds is 3. The van der Waals surface area contributed by atoms with E-state index in [4.69, 9.17) is 0 Å². The van der Waals surface area contributed by atoms with E-state index in [-0.39, 0.29) is 24.1 Å². The summed E-state index contributed by atoms with van der Waals surface area (Å²) in [4.78, 5) is 11.7. The van der Waals surface area contributed by atoms with Crippen LogP contribution in [-0.2, 0) is 4.79 Å². The average Bonchev–Trinajstić information content (AvgIpc) is 2.76. The number of hydrogen-bond acceptors (Lipinski definition) is 2. The Morgan fingerprint density at radius 1 is 1.56 bits per heavy atom. The Balaban J connectivity index is 0.00000162. The van der Waals surface area contributed by atoms with Gasteiger partial charge in [-0.3, -0.25) is 4.79 Å². The second-order valence-electron chi connectivity index (χ2n) is 4.24. The predicted octanol–water partition coefficient (Wildman–Crippen LogP) is 2.95. The maximum absolute atomic E-state index is 13.2. The molecule has 1 saturated heterocycles. The Kier molecular flexibility index (Phi) is 6.05. The summed E-state index contributed by atoms with van der Waals surface area (Å²) in [6, 6.07) is 4.58. The van der Waals surface area contributed by atoms with Gasteiger partial charge in [0.15, 0.2) is 0 Å². The number of anilines is 1. The second kappa shape index (κ2) is 7.07. The standard InChI is InChI=1S/C12H14BrFN2O.ClH/c13-10-2-1-9(6-11(10)14)16-12(17)5-8-3-4-15-7-8;/h1-2,6,8,15H,3-5,7H2,(H,16,17);1H. The molecule has 1 aliphatic heterocycles. The van der Waals surface area contributed by atoms with Crippen molar-refractivity contribution in [2.45, 2.75) is 12.8 Å². The van der Waals surface area contributed by atoms with E-state index in [1.807, 2.05) is 0 Å². The van der Waals surface area contributed by atoms with Crippen molar-refractivity contribution in [3.63, 3.8) is 0 Å². The lowest BCUT2D eigenvalue weighted by atomic mass is 10.0. The summed E-state index contributed by atoms with van der Waals surface area (Å²) in [5, 5.41) is 5.92. The average molecular weight is 338 g/mol. The lowest BCUT2D eigenvalue weighted by molar-refractivity contribution is -0.116. The van der Waals surface area contributed by atoms with Crippen LogP contribution in [0.2, 0.25) is 0 Å². The van der Waals surface area contributed by atoms with Crippen molar-refractivity contribution in [2.75, 3.05) is 18.4 Å². The zero-order valence-corrected chi connectivity index (χ0v) is 12.1. The molecule has 1 unspecified atom stereocenters. The van der Waals surface area contributed by atoms with E-state index in [1.165, 1.54) is 6.07 Å². The van der Waals surface area contributed by atoms with Crippen LogP contribution in [0.15, 0.2) is 22.7 Å². The zero-order valence-electron chi connectivity index (χ0n) is 9.71. The van der Waals surface area contributed by atoms with Crippen LogP contribution in [0.1, 0.15) is 12.8 Å². The molecule has 0 aromatic heterocycles. The van der Waals surface area contributed by atoms with Crippen molar-refractivity contribution in [1.29, 1.82) is 0 Å². The molecule has 2 rings (SSSR count). The molecular formula is C12H15BrClFN2O. The largest absolute Gasteiger partial charge is 0.326 e. The second-order valence-corrected chi connectivity index (χ2v) is 5.09. The van der Waals surface area contributed by atoms with Gasteiger partial charge in [0.25, 0.3) is 0 Å². The number of benzene rings is 1. The highest BCUT2D eigenvalue weighted by Gasteiger charge is 2.18. The Morgan fingerprint density at radius 2 is 2.33 bits per heavy atom. The molecule has 0 aliphatic carbocycles. The fourth-order valence-electron chi connectivity index (χ4n) is 1.94. The summed E-state index contributed by atoms with van der Waals surface area (Å²) in [7, 11) is 0. The molecule has 1 atom stereocenters. The van der Waals surface area contributed by atoms with Crippen LogP contribution in [0.4, 0.5) is 10.1 Å². The van der Waals surface area contributed by atoms with Gasteiger partial charge in [0.1, 0.15) is 5.82 Å². The molecule has 1 heterocycles. The Bertz CT molecular complexity index is 425. The molecule has 100 valence electrons. The van der Waals surface area contributed by atoms with E-state index in [0.717, 1.165) is 19.5 Å². The van der Waals surface area contributed by atoms with Crippen LogP contribution in [0.5, 0.6) is 0 Å². The first kappa shape index (κ1) is 15.4. The van der Waals surface area contributed by atoms with E-state index in [2.05, 4.69) is 26.6 Å². The summed E-state index contributed by atoms with van der Waals surface area (Å²) in [6.07, 6.45) is 1.52. The van der Waals surface area contributed by atoms with Crippen LogP contribution < -0.4 is 10.6 Å². The normalized spacial score (nSPS) is 18.2. The number of hydrogen-bond donors (Lipinski definition) is 2. The summed E-state index contributed by atoms with van der Waals surface area (Å²) in [5.74, 6) is -0.0268. The molecule has 18 heavy (non-hydrogen) atoms. The first-order chi connectivity index (χ1) is 8.15. The third kappa shape index (κ3) is 4.23. The number of nitrogens with one attached hydrogen (secondary N) is 2. The van der Waals surface area contributed by atoms with E-state index < -0.39 is 0 Å². The van der Waals surface area contributed by atoms with Gasteiger partial charge < -0.3 is 10.6 Å². The molecule has 1 amide bonds. The molecule has 1 aromatic carbocycles. The summed E-state index contributed by atoms with van der Waals surface area (Å²) < 4.78 is 13.6. The van der Waals surface area contributed by atoms with E-state index in [9.17, 15) is 9.18 Å². The molecule has 0 spiro atoms. The third-order valence-electron chi connectivity index (χ3n) is 2.84. The third-order valence-corrected chi connectivity index (χ3v) is 3.48.